The lowest BCUT2D eigenvalue weighted by Crippen LogP contribution is -2.36. The maximum atomic E-state index is 12.5. The van der Waals surface area contributed by atoms with Gasteiger partial charge in [0.1, 0.15) is 28.4 Å². The number of imidazole rings is 1. The number of hydrogen-bond donors (Lipinski definition) is 2. The molecule has 9 nitrogen and oxygen atoms in total. The third-order valence-corrected chi connectivity index (χ3v) is 5.89. The minimum Gasteiger partial charge on any atom is -0.457 e. The van der Waals surface area contributed by atoms with E-state index in [-0.39, 0.29) is 12.3 Å². The monoisotopic (exact) mass is 456 g/mol. The molecule has 3 heterocycles. The largest absolute Gasteiger partial charge is 0.457 e. The molecule has 0 fully saturated rings. The quantitative estimate of drug-likeness (QED) is 0.433. The number of carbonyl (C=O) groups excluding carboxylic acids is 2. The van der Waals surface area contributed by atoms with E-state index in [1.165, 1.54) is 0 Å². The summed E-state index contributed by atoms with van der Waals surface area (Å²) in [5, 5.41) is 4.73. The van der Waals surface area contributed by atoms with Crippen LogP contribution in [0.5, 0.6) is 11.5 Å². The summed E-state index contributed by atoms with van der Waals surface area (Å²) in [6.45, 7) is 0.990. The predicted octanol–water partition coefficient (Wildman–Crippen LogP) is 3.20. The minimum absolute atomic E-state index is 0.00195. The van der Waals surface area contributed by atoms with Crippen molar-refractivity contribution in [3.63, 3.8) is 0 Å². The Balaban J connectivity index is 1.48. The van der Waals surface area contributed by atoms with Gasteiger partial charge in [-0.05, 0) is 36.4 Å². The van der Waals surface area contributed by atoms with E-state index in [0.29, 0.717) is 42.2 Å². The van der Waals surface area contributed by atoms with Crippen molar-refractivity contribution in [1.29, 1.82) is 0 Å². The highest BCUT2D eigenvalue weighted by atomic mass is 16.5. The molecular formula is C25H24N6O3. The zero-order valence-electron chi connectivity index (χ0n) is 18.7. The van der Waals surface area contributed by atoms with Crippen molar-refractivity contribution in [3.05, 3.63) is 71.5 Å². The molecule has 34 heavy (non-hydrogen) atoms. The Bertz CT molecular complexity index is 1390. The van der Waals surface area contributed by atoms with Gasteiger partial charge in [0.05, 0.1) is 18.7 Å². The molecule has 2 aromatic heterocycles. The van der Waals surface area contributed by atoms with Gasteiger partial charge in [0.2, 0.25) is 5.91 Å². The third kappa shape index (κ3) is 3.92. The Morgan fingerprint density at radius 3 is 2.59 bits per heavy atom. The number of nitrogens with one attached hydrogen (secondary N) is 1. The highest BCUT2D eigenvalue weighted by molar-refractivity contribution is 6.05. The zero-order chi connectivity index (χ0) is 23.7. The summed E-state index contributed by atoms with van der Waals surface area (Å²) in [5.41, 5.74) is 9.65. The number of nitrogens with zero attached hydrogens (tertiary/aromatic N) is 4. The van der Waals surface area contributed by atoms with E-state index in [4.69, 9.17) is 15.6 Å². The highest BCUT2D eigenvalue weighted by Gasteiger charge is 2.29. The number of H-pyrrole nitrogens is 1. The molecule has 0 radical (unpaired) electrons. The molecular weight excluding hydrogens is 432 g/mol. The van der Waals surface area contributed by atoms with E-state index in [0.717, 1.165) is 22.7 Å². The first-order valence-electron chi connectivity index (χ1n) is 11.0. The van der Waals surface area contributed by atoms with Crippen molar-refractivity contribution in [1.82, 2.24) is 19.5 Å². The van der Waals surface area contributed by atoms with Crippen molar-refractivity contribution >= 4 is 23.7 Å². The van der Waals surface area contributed by atoms with Crippen molar-refractivity contribution in [2.24, 2.45) is 10.7 Å². The Labute approximate surface area is 195 Å². The summed E-state index contributed by atoms with van der Waals surface area (Å²) in [6.07, 6.45) is 2.51. The van der Waals surface area contributed by atoms with Crippen LogP contribution in [0.2, 0.25) is 0 Å². The summed E-state index contributed by atoms with van der Waals surface area (Å²) in [6, 6.07) is 16.8. The van der Waals surface area contributed by atoms with Crippen molar-refractivity contribution in [2.75, 3.05) is 13.6 Å². The van der Waals surface area contributed by atoms with Gasteiger partial charge in [0, 0.05) is 37.5 Å². The van der Waals surface area contributed by atoms with E-state index in [1.807, 2.05) is 54.6 Å². The Kier molecular flexibility index (Phi) is 5.59. The topological polar surface area (TPSA) is 118 Å². The van der Waals surface area contributed by atoms with Gasteiger partial charge in [0.25, 0.3) is 5.91 Å². The number of primary amides is 1. The van der Waals surface area contributed by atoms with Crippen LogP contribution in [0.15, 0.2) is 59.6 Å². The number of carbonyl (C=O) groups is 2. The van der Waals surface area contributed by atoms with Crippen molar-refractivity contribution < 1.29 is 14.3 Å². The van der Waals surface area contributed by atoms with Gasteiger partial charge in [-0.3, -0.25) is 9.59 Å². The molecule has 4 aromatic rings. The molecule has 1 aliphatic heterocycles. The second-order valence-corrected chi connectivity index (χ2v) is 8.05. The van der Waals surface area contributed by atoms with E-state index >= 15 is 0 Å². The predicted molar refractivity (Wildman–Crippen MR) is 128 cm³/mol. The van der Waals surface area contributed by atoms with Gasteiger partial charge >= 0.3 is 0 Å². The average molecular weight is 457 g/mol. The molecule has 2 aromatic carbocycles. The average Bonchev–Trinajstić information content (AvgIpc) is 3.39. The second kappa shape index (κ2) is 8.86. The van der Waals surface area contributed by atoms with E-state index in [2.05, 4.69) is 9.98 Å². The van der Waals surface area contributed by atoms with Gasteiger partial charge in [-0.25, -0.2) is 4.52 Å². The molecule has 0 atom stereocenters. The van der Waals surface area contributed by atoms with Gasteiger partial charge in [-0.15, -0.1) is 0 Å². The fourth-order valence-electron chi connectivity index (χ4n) is 4.20. The number of ether oxygens (including phenoxy) is 1. The van der Waals surface area contributed by atoms with Crippen LogP contribution in [-0.4, -0.2) is 51.1 Å². The lowest BCUT2D eigenvalue weighted by Gasteiger charge is -2.26. The number of fused-ring (bicyclic) bond motifs is 3. The maximum absolute atomic E-state index is 12.5. The molecule has 0 unspecified atom stereocenters. The normalized spacial score (nSPS) is 13.4. The number of hydrogen-bond acceptors (Lipinski definition) is 5. The molecule has 9 heteroatoms. The van der Waals surface area contributed by atoms with Crippen LogP contribution >= 0.6 is 0 Å². The van der Waals surface area contributed by atoms with Crippen LogP contribution in [-0.2, 0) is 17.8 Å². The van der Waals surface area contributed by atoms with Crippen LogP contribution in [0.4, 0.5) is 0 Å². The highest BCUT2D eigenvalue weighted by Crippen LogP contribution is 2.31. The Morgan fingerprint density at radius 2 is 1.88 bits per heavy atom. The molecule has 0 spiro atoms. The fraction of sp³-hybridized carbons (Fsp3) is 0.200. The standard InChI is InChI=1S/C25H24N6O3/c1-27-13-11-21(32)30-14-12-19-20(15-30)31-25(28-19)22(24(26)33)23(29-31)16-7-9-18(10-8-16)34-17-5-3-2-4-6-17/h2-10,13,28H,11-12,14-15H2,1H3,(H2,26,33)/b27-13-. The number of aromatic nitrogens is 3. The molecule has 3 N–H and O–H groups in total. The summed E-state index contributed by atoms with van der Waals surface area (Å²) < 4.78 is 7.56. The smallest absolute Gasteiger partial charge is 0.254 e. The zero-order valence-corrected chi connectivity index (χ0v) is 18.7. The van der Waals surface area contributed by atoms with Crippen LogP contribution in [0.25, 0.3) is 16.9 Å². The maximum Gasteiger partial charge on any atom is 0.254 e. The molecule has 1 aliphatic rings. The second-order valence-electron chi connectivity index (χ2n) is 8.05. The SMILES string of the molecule is C/N=C\CC(=O)N1CCc2[nH]c3c(C(N)=O)c(-c4ccc(Oc5ccccc5)cc4)nn3c2C1. The lowest BCUT2D eigenvalue weighted by atomic mass is 10.1. The fourth-order valence-corrected chi connectivity index (χ4v) is 4.20. The van der Waals surface area contributed by atoms with Crippen LogP contribution in [0.1, 0.15) is 28.2 Å². The van der Waals surface area contributed by atoms with Crippen LogP contribution in [0, 0.1) is 0 Å². The Morgan fingerprint density at radius 1 is 1.15 bits per heavy atom. The number of amides is 2. The van der Waals surface area contributed by atoms with Gasteiger partial charge in [-0.1, -0.05) is 18.2 Å². The summed E-state index contributed by atoms with van der Waals surface area (Å²) >= 11 is 0. The van der Waals surface area contributed by atoms with Gasteiger partial charge in [-0.2, -0.15) is 5.10 Å². The van der Waals surface area contributed by atoms with E-state index < -0.39 is 5.91 Å². The first kappa shape index (κ1) is 21.4. The number of nitrogens with two attached hydrogens (primary N) is 1. The number of benzene rings is 2. The minimum atomic E-state index is -0.569. The Hall–Kier alpha value is -4.40. The van der Waals surface area contributed by atoms with Gasteiger partial charge in [0.15, 0.2) is 0 Å². The van der Waals surface area contributed by atoms with Crippen molar-refractivity contribution in [2.45, 2.75) is 19.4 Å². The third-order valence-electron chi connectivity index (χ3n) is 5.89. The van der Waals surface area contributed by atoms with E-state index in [9.17, 15) is 9.59 Å². The molecule has 172 valence electrons. The molecule has 0 saturated carbocycles. The van der Waals surface area contributed by atoms with E-state index in [1.54, 1.807) is 22.7 Å². The summed E-state index contributed by atoms with van der Waals surface area (Å²) in [4.78, 5) is 33.9. The van der Waals surface area contributed by atoms with Gasteiger partial charge < -0.3 is 25.3 Å². The van der Waals surface area contributed by atoms with Crippen LogP contribution < -0.4 is 10.5 Å². The number of para-hydroxylation sites is 1. The van der Waals surface area contributed by atoms with Crippen molar-refractivity contribution in [3.8, 4) is 22.8 Å². The summed E-state index contributed by atoms with van der Waals surface area (Å²) in [5.74, 6) is 0.837. The number of rotatable bonds is 6. The molecule has 2 amide bonds. The van der Waals surface area contributed by atoms with Crippen LogP contribution in [0.3, 0.4) is 0 Å². The molecule has 0 bridgehead atoms. The summed E-state index contributed by atoms with van der Waals surface area (Å²) in [7, 11) is 1.65. The first-order valence-corrected chi connectivity index (χ1v) is 11.0. The molecule has 5 rings (SSSR count). The molecule has 0 aliphatic carbocycles. The molecule has 0 saturated heterocycles. The number of aromatic amines is 1. The number of aliphatic imine (C=N–C) groups is 1. The lowest BCUT2D eigenvalue weighted by molar-refractivity contribution is -0.130. The first-order chi connectivity index (χ1) is 16.5.